The van der Waals surface area contributed by atoms with Gasteiger partial charge in [0.2, 0.25) is 16.0 Å². The number of ether oxygens (including phenoxy) is 1. The number of likely N-dealkylation sites (N-methyl/N-ethyl adjacent to an activating group) is 1. The van der Waals surface area contributed by atoms with Gasteiger partial charge in [-0.05, 0) is 19.3 Å². The van der Waals surface area contributed by atoms with Gasteiger partial charge in [0.15, 0.2) is 0 Å². The van der Waals surface area contributed by atoms with Crippen LogP contribution in [0.2, 0.25) is 0 Å². The molecule has 0 bridgehead atoms. The maximum Gasteiger partial charge on any atom is 0.245 e. The molecule has 1 atom stereocenters. The first-order valence-electron chi connectivity index (χ1n) is 6.40. The van der Waals surface area contributed by atoms with Gasteiger partial charge in [-0.15, -0.1) is 0 Å². The summed E-state index contributed by atoms with van der Waals surface area (Å²) in [7, 11) is -2.07. The molecule has 1 fully saturated rings. The summed E-state index contributed by atoms with van der Waals surface area (Å²) < 4.78 is 31.5. The van der Waals surface area contributed by atoms with Crippen molar-refractivity contribution < 1.29 is 13.2 Å². The van der Waals surface area contributed by atoms with Crippen LogP contribution < -0.4 is 11.3 Å². The number of rotatable bonds is 5. The number of nitrogens with zero attached hydrogens (tertiary/aromatic N) is 3. The SMILES string of the molecule is CN(CC1CCCCO1)S(=O)(=O)c1cnc(NN)nc1. The summed E-state index contributed by atoms with van der Waals surface area (Å²) in [5, 5.41) is 0. The standard InChI is InChI=1S/C11H19N5O3S/c1-16(8-9-4-2-3-5-19-9)20(17,18)10-6-13-11(15-12)14-7-10/h6-7,9H,2-5,8,12H2,1H3,(H,13,14,15). The summed E-state index contributed by atoms with van der Waals surface area (Å²) in [6.07, 6.45) is 5.40. The van der Waals surface area contributed by atoms with Gasteiger partial charge in [-0.25, -0.2) is 24.2 Å². The highest BCUT2D eigenvalue weighted by molar-refractivity contribution is 7.89. The van der Waals surface area contributed by atoms with Crippen molar-refractivity contribution >= 4 is 16.0 Å². The van der Waals surface area contributed by atoms with Crippen molar-refractivity contribution in [3.8, 4) is 0 Å². The third-order valence-electron chi connectivity index (χ3n) is 3.20. The van der Waals surface area contributed by atoms with E-state index in [-0.39, 0.29) is 16.9 Å². The molecule has 20 heavy (non-hydrogen) atoms. The zero-order valence-corrected chi connectivity index (χ0v) is 12.1. The average Bonchev–Trinajstić information content (AvgIpc) is 2.48. The van der Waals surface area contributed by atoms with Crippen molar-refractivity contribution in [3.63, 3.8) is 0 Å². The average molecular weight is 301 g/mol. The minimum absolute atomic E-state index is 0.0369. The highest BCUT2D eigenvalue weighted by Crippen LogP contribution is 2.18. The van der Waals surface area contributed by atoms with E-state index in [1.54, 1.807) is 0 Å². The molecular formula is C11H19N5O3S. The molecule has 8 nitrogen and oxygen atoms in total. The molecule has 0 amide bonds. The maximum atomic E-state index is 12.3. The Morgan fingerprint density at radius 3 is 2.70 bits per heavy atom. The van der Waals surface area contributed by atoms with E-state index in [9.17, 15) is 8.42 Å². The third kappa shape index (κ3) is 3.42. The van der Waals surface area contributed by atoms with Gasteiger partial charge in [0, 0.05) is 20.2 Å². The molecule has 0 spiro atoms. The number of anilines is 1. The van der Waals surface area contributed by atoms with Gasteiger partial charge in [0.05, 0.1) is 18.5 Å². The van der Waals surface area contributed by atoms with Gasteiger partial charge < -0.3 is 4.74 Å². The number of nitrogens with one attached hydrogen (secondary N) is 1. The second-order valence-electron chi connectivity index (χ2n) is 4.66. The van der Waals surface area contributed by atoms with Gasteiger partial charge in [0.25, 0.3) is 0 Å². The lowest BCUT2D eigenvalue weighted by molar-refractivity contribution is 0.00858. The van der Waals surface area contributed by atoms with E-state index in [1.165, 1.54) is 23.7 Å². The van der Waals surface area contributed by atoms with Crippen LogP contribution in [-0.2, 0) is 14.8 Å². The third-order valence-corrected chi connectivity index (χ3v) is 4.98. The van der Waals surface area contributed by atoms with Gasteiger partial charge in [-0.2, -0.15) is 4.31 Å². The Kier molecular flexibility index (Phi) is 4.86. The first kappa shape index (κ1) is 15.1. The number of aromatic nitrogens is 2. The minimum atomic E-state index is -3.60. The van der Waals surface area contributed by atoms with Crippen LogP contribution in [0.3, 0.4) is 0 Å². The monoisotopic (exact) mass is 301 g/mol. The quantitative estimate of drug-likeness (QED) is 0.579. The van der Waals surface area contributed by atoms with Crippen LogP contribution in [0.1, 0.15) is 19.3 Å². The lowest BCUT2D eigenvalue weighted by atomic mass is 10.1. The number of nitrogens with two attached hydrogens (primary N) is 1. The number of hydrazine groups is 1. The first-order valence-corrected chi connectivity index (χ1v) is 7.84. The van der Waals surface area contributed by atoms with E-state index in [0.29, 0.717) is 13.2 Å². The molecule has 2 rings (SSSR count). The molecule has 0 aliphatic carbocycles. The smallest absolute Gasteiger partial charge is 0.245 e. The Balaban J connectivity index is 2.07. The Morgan fingerprint density at radius 1 is 1.45 bits per heavy atom. The molecule has 9 heteroatoms. The predicted molar refractivity (Wildman–Crippen MR) is 73.2 cm³/mol. The second kappa shape index (κ2) is 6.44. The van der Waals surface area contributed by atoms with Crippen molar-refractivity contribution in [3.05, 3.63) is 12.4 Å². The molecule has 1 aliphatic rings. The van der Waals surface area contributed by atoms with E-state index in [1.807, 2.05) is 0 Å². The summed E-state index contributed by atoms with van der Waals surface area (Å²) >= 11 is 0. The van der Waals surface area contributed by atoms with E-state index in [4.69, 9.17) is 10.6 Å². The molecule has 1 aromatic heterocycles. The summed E-state index contributed by atoms with van der Waals surface area (Å²) in [5.41, 5.74) is 2.25. The van der Waals surface area contributed by atoms with Crippen LogP contribution in [0.4, 0.5) is 5.95 Å². The molecule has 2 heterocycles. The van der Waals surface area contributed by atoms with Crippen LogP contribution in [0.15, 0.2) is 17.3 Å². The summed E-state index contributed by atoms with van der Waals surface area (Å²) in [6, 6.07) is 0. The first-order chi connectivity index (χ1) is 9.54. The van der Waals surface area contributed by atoms with E-state index in [2.05, 4.69) is 15.4 Å². The zero-order chi connectivity index (χ0) is 14.6. The van der Waals surface area contributed by atoms with E-state index < -0.39 is 10.0 Å². The molecule has 0 radical (unpaired) electrons. The lowest BCUT2D eigenvalue weighted by Crippen LogP contribution is -2.37. The number of hydrogen-bond donors (Lipinski definition) is 2. The van der Waals surface area contributed by atoms with Gasteiger partial charge >= 0.3 is 0 Å². The number of hydrogen-bond acceptors (Lipinski definition) is 7. The topological polar surface area (TPSA) is 110 Å². The molecular weight excluding hydrogens is 282 g/mol. The molecule has 1 unspecified atom stereocenters. The normalized spacial score (nSPS) is 20.1. The Bertz CT molecular complexity index is 527. The van der Waals surface area contributed by atoms with Crippen LogP contribution in [0.5, 0.6) is 0 Å². The highest BCUT2D eigenvalue weighted by Gasteiger charge is 2.25. The van der Waals surface area contributed by atoms with Crippen molar-refractivity contribution in [2.45, 2.75) is 30.3 Å². The van der Waals surface area contributed by atoms with Crippen LogP contribution >= 0.6 is 0 Å². The molecule has 1 aliphatic heterocycles. The van der Waals surface area contributed by atoms with Crippen LogP contribution in [-0.4, -0.2) is 49.0 Å². The Labute approximate surface area is 118 Å². The Hall–Kier alpha value is -1.29. The van der Waals surface area contributed by atoms with Crippen molar-refractivity contribution in [2.75, 3.05) is 25.6 Å². The summed E-state index contributed by atoms with van der Waals surface area (Å²) in [5.74, 6) is 5.31. The Morgan fingerprint density at radius 2 is 2.15 bits per heavy atom. The largest absolute Gasteiger partial charge is 0.377 e. The van der Waals surface area contributed by atoms with Crippen molar-refractivity contribution in [1.82, 2.24) is 14.3 Å². The fourth-order valence-electron chi connectivity index (χ4n) is 2.04. The number of nitrogen functional groups attached to an aromatic ring is 1. The van der Waals surface area contributed by atoms with Gasteiger partial charge in [0.1, 0.15) is 4.90 Å². The molecule has 0 saturated carbocycles. The van der Waals surface area contributed by atoms with Crippen molar-refractivity contribution in [2.24, 2.45) is 5.84 Å². The lowest BCUT2D eigenvalue weighted by Gasteiger charge is -2.26. The molecule has 3 N–H and O–H groups in total. The van der Waals surface area contributed by atoms with Gasteiger partial charge in [-0.3, -0.25) is 5.43 Å². The highest BCUT2D eigenvalue weighted by atomic mass is 32.2. The minimum Gasteiger partial charge on any atom is -0.377 e. The summed E-state index contributed by atoms with van der Waals surface area (Å²) in [6.45, 7) is 1.03. The molecule has 112 valence electrons. The second-order valence-corrected chi connectivity index (χ2v) is 6.71. The van der Waals surface area contributed by atoms with Crippen LogP contribution in [0.25, 0.3) is 0 Å². The summed E-state index contributed by atoms with van der Waals surface area (Å²) in [4.78, 5) is 7.65. The fraction of sp³-hybridized carbons (Fsp3) is 0.636. The fourth-order valence-corrected chi connectivity index (χ4v) is 3.13. The maximum absolute atomic E-state index is 12.3. The molecule has 0 aromatic carbocycles. The van der Waals surface area contributed by atoms with E-state index >= 15 is 0 Å². The van der Waals surface area contributed by atoms with Crippen LogP contribution in [0, 0.1) is 0 Å². The molecule has 1 aromatic rings. The van der Waals surface area contributed by atoms with E-state index in [0.717, 1.165) is 19.3 Å². The zero-order valence-electron chi connectivity index (χ0n) is 11.3. The number of sulfonamides is 1. The molecule has 1 saturated heterocycles. The van der Waals surface area contributed by atoms with Crippen molar-refractivity contribution in [1.29, 1.82) is 0 Å². The van der Waals surface area contributed by atoms with Gasteiger partial charge in [-0.1, -0.05) is 0 Å². The predicted octanol–water partition coefficient (Wildman–Crippen LogP) is -0.0482.